The van der Waals surface area contributed by atoms with E-state index in [2.05, 4.69) is 4.98 Å². The summed E-state index contributed by atoms with van der Waals surface area (Å²) in [6, 6.07) is 4.44. The average molecular weight is 360 g/mol. The number of carbonyl (C=O) groups excluding carboxylic acids is 2. The van der Waals surface area contributed by atoms with E-state index < -0.39 is 11.9 Å². The average Bonchev–Trinajstić information content (AvgIpc) is 2.93. The van der Waals surface area contributed by atoms with E-state index in [-0.39, 0.29) is 23.8 Å². The van der Waals surface area contributed by atoms with Crippen molar-refractivity contribution in [1.82, 2.24) is 4.98 Å². The monoisotopic (exact) mass is 359 g/mol. The summed E-state index contributed by atoms with van der Waals surface area (Å²) in [4.78, 5) is 27.4. The maximum atomic E-state index is 11.9. The number of halogens is 2. The molecule has 2 aromatic rings. The van der Waals surface area contributed by atoms with E-state index in [0.29, 0.717) is 15.7 Å². The molecule has 0 N–H and O–H groups in total. The van der Waals surface area contributed by atoms with Crippen LogP contribution in [0.4, 0.5) is 0 Å². The fraction of sp³-hybridized carbons (Fsp3) is 0.214. The quantitative estimate of drug-likeness (QED) is 0.755. The Balaban J connectivity index is 1.98. The van der Waals surface area contributed by atoms with Crippen LogP contribution < -0.4 is 0 Å². The molecule has 1 heterocycles. The summed E-state index contributed by atoms with van der Waals surface area (Å²) in [5.74, 6) is -1.07. The molecule has 2 rings (SSSR count). The first kappa shape index (κ1) is 16.7. The van der Waals surface area contributed by atoms with Gasteiger partial charge in [0.25, 0.3) is 0 Å². The van der Waals surface area contributed by atoms with Crippen molar-refractivity contribution in [3.05, 3.63) is 49.9 Å². The topological polar surface area (TPSA) is 65.5 Å². The molecule has 8 heteroatoms. The first-order valence-electron chi connectivity index (χ1n) is 6.24. The molecule has 0 atom stereocenters. The first-order valence-corrected chi connectivity index (χ1v) is 7.88. The number of ether oxygens (including phenoxy) is 2. The molecule has 116 valence electrons. The number of rotatable bonds is 5. The van der Waals surface area contributed by atoms with E-state index in [1.165, 1.54) is 18.2 Å². The molecular weight excluding hydrogens is 349 g/mol. The van der Waals surface area contributed by atoms with E-state index in [1.807, 2.05) is 0 Å². The molecule has 5 nitrogen and oxygen atoms in total. The highest BCUT2D eigenvalue weighted by molar-refractivity contribution is 7.11. The SMILES string of the molecule is CCOC(=O)c1nc(COC(=O)c2cc(Cl)cc(Cl)c2)cs1. The van der Waals surface area contributed by atoms with Gasteiger partial charge < -0.3 is 9.47 Å². The summed E-state index contributed by atoms with van der Waals surface area (Å²) < 4.78 is 9.95. The molecule has 0 spiro atoms. The van der Waals surface area contributed by atoms with Gasteiger partial charge >= 0.3 is 11.9 Å². The number of benzene rings is 1. The van der Waals surface area contributed by atoms with E-state index in [1.54, 1.807) is 12.3 Å². The molecule has 0 unspecified atom stereocenters. The molecule has 0 radical (unpaired) electrons. The Bertz CT molecular complexity index is 682. The fourth-order valence-corrected chi connectivity index (χ4v) is 2.77. The molecule has 1 aromatic heterocycles. The lowest BCUT2D eigenvalue weighted by Gasteiger charge is -2.04. The Kier molecular flexibility index (Phi) is 5.76. The minimum atomic E-state index is -0.574. The van der Waals surface area contributed by atoms with Crippen molar-refractivity contribution in [2.75, 3.05) is 6.61 Å². The van der Waals surface area contributed by atoms with Gasteiger partial charge in [-0.3, -0.25) is 0 Å². The molecule has 1 aromatic carbocycles. The lowest BCUT2D eigenvalue weighted by atomic mass is 10.2. The Morgan fingerprint density at radius 1 is 1.14 bits per heavy atom. The van der Waals surface area contributed by atoms with Crippen LogP contribution in [0.15, 0.2) is 23.6 Å². The second-order valence-corrected chi connectivity index (χ2v) is 5.83. The summed E-state index contributed by atoms with van der Waals surface area (Å²) in [6.45, 7) is 1.93. The predicted octanol–water partition coefficient (Wildman–Crippen LogP) is 3.98. The molecule has 0 fully saturated rings. The van der Waals surface area contributed by atoms with Gasteiger partial charge in [0, 0.05) is 15.4 Å². The minimum absolute atomic E-state index is 0.0567. The Morgan fingerprint density at radius 2 is 1.82 bits per heavy atom. The molecule has 0 amide bonds. The summed E-state index contributed by atoms with van der Waals surface area (Å²) >= 11 is 12.8. The van der Waals surface area contributed by atoms with E-state index >= 15 is 0 Å². The molecule has 22 heavy (non-hydrogen) atoms. The van der Waals surface area contributed by atoms with Gasteiger partial charge in [0.15, 0.2) is 0 Å². The molecule has 0 saturated heterocycles. The van der Waals surface area contributed by atoms with Gasteiger partial charge in [0.1, 0.15) is 6.61 Å². The minimum Gasteiger partial charge on any atom is -0.461 e. The van der Waals surface area contributed by atoms with Crippen LogP contribution in [0.5, 0.6) is 0 Å². The number of thiazole rings is 1. The van der Waals surface area contributed by atoms with Gasteiger partial charge in [-0.25, -0.2) is 14.6 Å². The summed E-state index contributed by atoms with van der Waals surface area (Å²) in [6.07, 6.45) is 0. The summed E-state index contributed by atoms with van der Waals surface area (Å²) in [5, 5.41) is 2.54. The van der Waals surface area contributed by atoms with Crippen molar-refractivity contribution in [3.63, 3.8) is 0 Å². The normalized spacial score (nSPS) is 10.3. The fourth-order valence-electron chi connectivity index (χ4n) is 1.55. The lowest BCUT2D eigenvalue weighted by Crippen LogP contribution is -2.07. The van der Waals surface area contributed by atoms with Crippen molar-refractivity contribution in [1.29, 1.82) is 0 Å². The maximum Gasteiger partial charge on any atom is 0.367 e. The van der Waals surface area contributed by atoms with Crippen molar-refractivity contribution in [2.45, 2.75) is 13.5 Å². The maximum absolute atomic E-state index is 11.9. The zero-order valence-corrected chi connectivity index (χ0v) is 13.8. The highest BCUT2D eigenvalue weighted by Crippen LogP contribution is 2.20. The third-order valence-corrected chi connectivity index (χ3v) is 3.76. The van der Waals surface area contributed by atoms with Crippen molar-refractivity contribution >= 4 is 46.5 Å². The van der Waals surface area contributed by atoms with Crippen molar-refractivity contribution in [3.8, 4) is 0 Å². The molecule has 0 aliphatic carbocycles. The second-order valence-electron chi connectivity index (χ2n) is 4.10. The smallest absolute Gasteiger partial charge is 0.367 e. The predicted molar refractivity (Wildman–Crippen MR) is 83.7 cm³/mol. The van der Waals surface area contributed by atoms with Gasteiger partial charge in [0.2, 0.25) is 5.01 Å². The Morgan fingerprint density at radius 3 is 2.45 bits per heavy atom. The van der Waals surface area contributed by atoms with E-state index in [9.17, 15) is 9.59 Å². The van der Waals surface area contributed by atoms with Gasteiger partial charge in [-0.05, 0) is 25.1 Å². The third-order valence-electron chi connectivity index (χ3n) is 2.45. The Hall–Kier alpha value is -1.63. The van der Waals surface area contributed by atoms with E-state index in [4.69, 9.17) is 32.7 Å². The van der Waals surface area contributed by atoms with Crippen LogP contribution in [0, 0.1) is 0 Å². The zero-order chi connectivity index (χ0) is 16.1. The highest BCUT2D eigenvalue weighted by Gasteiger charge is 2.14. The van der Waals surface area contributed by atoms with Crippen LogP contribution in [0.1, 0.15) is 32.8 Å². The standard InChI is InChI=1S/C14H11Cl2NO4S/c1-2-20-14(19)12-17-11(7-22-12)6-21-13(18)8-3-9(15)5-10(16)4-8/h3-5,7H,2,6H2,1H3. The van der Waals surface area contributed by atoms with Gasteiger partial charge in [-0.15, -0.1) is 11.3 Å². The van der Waals surface area contributed by atoms with Crippen LogP contribution in [0.3, 0.4) is 0 Å². The van der Waals surface area contributed by atoms with Gasteiger partial charge in [-0.1, -0.05) is 23.2 Å². The number of esters is 2. The number of hydrogen-bond donors (Lipinski definition) is 0. The van der Waals surface area contributed by atoms with Crippen LogP contribution in [0.2, 0.25) is 10.0 Å². The molecular formula is C14H11Cl2NO4S. The van der Waals surface area contributed by atoms with Crippen molar-refractivity contribution < 1.29 is 19.1 Å². The van der Waals surface area contributed by atoms with Crippen LogP contribution in [0.25, 0.3) is 0 Å². The number of hydrogen-bond acceptors (Lipinski definition) is 6. The van der Waals surface area contributed by atoms with E-state index in [0.717, 1.165) is 11.3 Å². The molecule has 0 aliphatic rings. The third kappa shape index (κ3) is 4.43. The lowest BCUT2D eigenvalue weighted by molar-refractivity contribution is 0.0468. The first-order chi connectivity index (χ1) is 10.5. The summed E-state index contributed by atoms with van der Waals surface area (Å²) in [7, 11) is 0. The van der Waals surface area contributed by atoms with Crippen LogP contribution in [-0.2, 0) is 16.1 Å². The molecule has 0 bridgehead atoms. The van der Waals surface area contributed by atoms with Crippen molar-refractivity contribution in [2.24, 2.45) is 0 Å². The number of aromatic nitrogens is 1. The second kappa shape index (κ2) is 7.58. The molecule has 0 saturated carbocycles. The highest BCUT2D eigenvalue weighted by atomic mass is 35.5. The summed E-state index contributed by atoms with van der Waals surface area (Å²) in [5.41, 5.74) is 0.716. The largest absolute Gasteiger partial charge is 0.461 e. The Labute approximate surface area is 140 Å². The van der Waals surface area contributed by atoms with Gasteiger partial charge in [0.05, 0.1) is 17.9 Å². The number of nitrogens with zero attached hydrogens (tertiary/aromatic N) is 1. The van der Waals surface area contributed by atoms with Gasteiger partial charge in [-0.2, -0.15) is 0 Å². The van der Waals surface area contributed by atoms with Crippen LogP contribution in [-0.4, -0.2) is 23.5 Å². The zero-order valence-electron chi connectivity index (χ0n) is 11.5. The number of carbonyl (C=O) groups is 2. The van der Waals surface area contributed by atoms with Crippen LogP contribution >= 0.6 is 34.5 Å². The molecule has 0 aliphatic heterocycles.